The predicted octanol–water partition coefficient (Wildman–Crippen LogP) is 3.66. The summed E-state index contributed by atoms with van der Waals surface area (Å²) >= 11 is 0.731. The van der Waals surface area contributed by atoms with Crippen molar-refractivity contribution in [2.45, 2.75) is 30.1 Å². The molecule has 0 aliphatic heterocycles. The van der Waals surface area contributed by atoms with Crippen LogP contribution in [0.3, 0.4) is 0 Å². The van der Waals surface area contributed by atoms with Gasteiger partial charge >= 0.3 is 110 Å². The van der Waals surface area contributed by atoms with Gasteiger partial charge in [-0.15, -0.1) is 0 Å². The number of hydrogen-bond acceptors (Lipinski definition) is 0. The summed E-state index contributed by atoms with van der Waals surface area (Å²) < 4.78 is 3.13. The van der Waals surface area contributed by atoms with Crippen molar-refractivity contribution < 1.29 is 0 Å². The van der Waals surface area contributed by atoms with Crippen LogP contribution in [0.2, 0.25) is 10.3 Å². The number of hydrogen-bond donors (Lipinski definition) is 0. The van der Waals surface area contributed by atoms with Crippen molar-refractivity contribution >= 4 is 39.5 Å². The second-order valence-corrected chi connectivity index (χ2v) is 8.01. The first kappa shape index (κ1) is 13.3. The first-order chi connectivity index (χ1) is 7.38. The van der Waals surface area contributed by atoms with Gasteiger partial charge in [0.25, 0.3) is 0 Å². The van der Waals surface area contributed by atoms with E-state index >= 15 is 0 Å². The summed E-state index contributed by atoms with van der Waals surface area (Å²) in [5.74, 6) is 2.29. The normalized spacial score (nSPS) is 11.7. The Balaban J connectivity index is 2.63. The molecule has 0 fully saturated rings. The molecule has 0 saturated carbocycles. The first-order valence-corrected chi connectivity index (χ1v) is 10.8. The molecule has 1 aromatic rings. The Labute approximate surface area is 110 Å². The van der Waals surface area contributed by atoms with Gasteiger partial charge < -0.3 is 0 Å². The summed E-state index contributed by atoms with van der Waals surface area (Å²) in [7, 11) is 0. The Bertz CT molecular complexity index is 293. The van der Waals surface area contributed by atoms with Crippen LogP contribution in [0.1, 0.15) is 25.3 Å². The van der Waals surface area contributed by atoms with Gasteiger partial charge in [0.2, 0.25) is 0 Å². The molecule has 0 amide bonds. The molecule has 0 aliphatic carbocycles. The first-order valence-electron chi connectivity index (χ1n) is 5.29. The maximum atomic E-state index is 2.49. The van der Waals surface area contributed by atoms with E-state index in [1.54, 1.807) is 3.62 Å². The van der Waals surface area contributed by atoms with Crippen molar-refractivity contribution in [3.63, 3.8) is 0 Å². The molecule has 0 heterocycles. The monoisotopic (exact) mass is 384 g/mol. The van der Waals surface area contributed by atoms with E-state index < -0.39 is 0 Å². The Morgan fingerprint density at radius 1 is 1.33 bits per heavy atom. The molecule has 1 aromatic carbocycles. The van der Waals surface area contributed by atoms with E-state index in [0.717, 1.165) is 0 Å². The fourth-order valence-corrected chi connectivity index (χ4v) is 7.26. The standard InChI is InChI=1S/C13H18SeTe/c1-3-4-10-15-13(11-14-2)12-8-6-5-7-9-12/h5-9,11H,3-4,10H2,1-2H3/b13-11-. The molecular formula is C13H18SeTe. The van der Waals surface area contributed by atoms with Crippen LogP contribution in [0.5, 0.6) is 0 Å². The quantitative estimate of drug-likeness (QED) is 0.522. The molecule has 82 valence electrons. The van der Waals surface area contributed by atoms with Gasteiger partial charge in [-0.3, -0.25) is 0 Å². The maximum absolute atomic E-state index is 2.49. The molecule has 0 aliphatic rings. The summed E-state index contributed by atoms with van der Waals surface area (Å²) in [6.45, 7) is 2.28. The second kappa shape index (κ2) is 8.42. The molecule has 2 heteroatoms. The average molecular weight is 381 g/mol. The van der Waals surface area contributed by atoms with Crippen LogP contribution in [-0.2, 0) is 0 Å². The summed E-state index contributed by atoms with van der Waals surface area (Å²) in [6, 6.07) is 10.9. The van der Waals surface area contributed by atoms with Crippen molar-refractivity contribution in [2.75, 3.05) is 0 Å². The molecule has 0 saturated heterocycles. The average Bonchev–Trinajstić information content (AvgIpc) is 2.29. The van der Waals surface area contributed by atoms with Gasteiger partial charge in [-0.2, -0.15) is 0 Å². The molecule has 0 N–H and O–H groups in total. The molecule has 0 nitrogen and oxygen atoms in total. The Hall–Kier alpha value is 0.269. The third-order valence-corrected chi connectivity index (χ3v) is 7.38. The zero-order valence-electron chi connectivity index (χ0n) is 9.40. The van der Waals surface area contributed by atoms with Crippen LogP contribution in [-0.4, -0.2) is 35.9 Å². The minimum atomic E-state index is 0.0625. The van der Waals surface area contributed by atoms with E-state index in [9.17, 15) is 0 Å². The van der Waals surface area contributed by atoms with E-state index in [1.807, 2.05) is 0 Å². The van der Waals surface area contributed by atoms with Gasteiger partial charge in [0, 0.05) is 0 Å². The third kappa shape index (κ3) is 5.23. The van der Waals surface area contributed by atoms with Crippen molar-refractivity contribution in [3.8, 4) is 0 Å². The van der Waals surface area contributed by atoms with Crippen LogP contribution in [0.15, 0.2) is 35.3 Å². The van der Waals surface area contributed by atoms with Gasteiger partial charge in [-0.25, -0.2) is 0 Å². The van der Waals surface area contributed by atoms with E-state index in [4.69, 9.17) is 0 Å². The molecular weight excluding hydrogens is 363 g/mol. The van der Waals surface area contributed by atoms with Gasteiger partial charge in [0.05, 0.1) is 0 Å². The third-order valence-electron chi connectivity index (χ3n) is 2.04. The van der Waals surface area contributed by atoms with Crippen LogP contribution in [0, 0.1) is 0 Å². The SMILES string of the molecule is CCCC[Te]/C(=C\[Se]C)c1ccccc1. The van der Waals surface area contributed by atoms with Gasteiger partial charge in [-0.1, -0.05) is 0 Å². The summed E-state index contributed by atoms with van der Waals surface area (Å²) in [4.78, 5) is 2.49. The fourth-order valence-electron chi connectivity index (χ4n) is 1.22. The molecule has 0 aromatic heterocycles. The molecule has 0 radical (unpaired) electrons. The second-order valence-electron chi connectivity index (χ2n) is 3.29. The Morgan fingerprint density at radius 2 is 2.07 bits per heavy atom. The summed E-state index contributed by atoms with van der Waals surface area (Å²) in [5, 5.41) is 0. The van der Waals surface area contributed by atoms with Crippen molar-refractivity contribution in [3.05, 3.63) is 40.9 Å². The zero-order valence-corrected chi connectivity index (χ0v) is 13.4. The van der Waals surface area contributed by atoms with E-state index in [0.29, 0.717) is 15.0 Å². The van der Waals surface area contributed by atoms with Crippen LogP contribution in [0.25, 0.3) is 3.62 Å². The van der Waals surface area contributed by atoms with Crippen molar-refractivity contribution in [2.24, 2.45) is 0 Å². The fraction of sp³-hybridized carbons (Fsp3) is 0.385. The Morgan fingerprint density at radius 3 is 2.67 bits per heavy atom. The molecule has 15 heavy (non-hydrogen) atoms. The van der Waals surface area contributed by atoms with Gasteiger partial charge in [0.1, 0.15) is 0 Å². The van der Waals surface area contributed by atoms with Crippen LogP contribution in [0.4, 0.5) is 0 Å². The summed E-state index contributed by atoms with van der Waals surface area (Å²) in [6.07, 6.45) is 2.74. The van der Waals surface area contributed by atoms with Crippen molar-refractivity contribution in [1.82, 2.24) is 0 Å². The number of unbranched alkanes of at least 4 members (excludes halogenated alkanes) is 1. The van der Waals surface area contributed by atoms with Crippen LogP contribution < -0.4 is 0 Å². The zero-order chi connectivity index (χ0) is 10.9. The number of rotatable bonds is 6. The Kier molecular flexibility index (Phi) is 7.49. The molecule has 0 unspecified atom stereocenters. The summed E-state index contributed by atoms with van der Waals surface area (Å²) in [5.41, 5.74) is 1.47. The van der Waals surface area contributed by atoms with Gasteiger partial charge in [0.15, 0.2) is 0 Å². The molecule has 0 bridgehead atoms. The topological polar surface area (TPSA) is 0 Å². The number of benzene rings is 1. The van der Waals surface area contributed by atoms with Gasteiger partial charge in [-0.05, 0) is 0 Å². The predicted molar refractivity (Wildman–Crippen MR) is 71.5 cm³/mol. The van der Waals surface area contributed by atoms with Crippen molar-refractivity contribution in [1.29, 1.82) is 0 Å². The van der Waals surface area contributed by atoms with Crippen LogP contribution >= 0.6 is 0 Å². The molecule has 0 spiro atoms. The molecule has 1 rings (SSSR count). The van der Waals surface area contributed by atoms with E-state index in [2.05, 4.69) is 48.1 Å². The minimum absolute atomic E-state index is 0.0625. The molecule has 0 atom stereocenters. The van der Waals surface area contributed by atoms with E-state index in [1.165, 1.54) is 22.9 Å². The van der Waals surface area contributed by atoms with E-state index in [-0.39, 0.29) is 20.9 Å².